The molecule has 1 fully saturated rings. The van der Waals surface area contributed by atoms with Gasteiger partial charge in [-0.05, 0) is 49.9 Å². The second-order valence-corrected chi connectivity index (χ2v) is 8.78. The van der Waals surface area contributed by atoms with E-state index in [0.29, 0.717) is 5.69 Å². The Labute approximate surface area is 145 Å². The van der Waals surface area contributed by atoms with Gasteiger partial charge in [0, 0.05) is 6.04 Å². The molecule has 0 bridgehead atoms. The minimum atomic E-state index is -3.52. The number of anilines is 1. The Balaban J connectivity index is 2.12. The maximum atomic E-state index is 12.4. The molecule has 1 amide bonds. The molecule has 0 saturated heterocycles. The predicted octanol–water partition coefficient (Wildman–Crippen LogP) is 2.91. The van der Waals surface area contributed by atoms with Crippen LogP contribution in [0.2, 0.25) is 0 Å². The summed E-state index contributed by atoms with van der Waals surface area (Å²) in [4.78, 5) is 12.4. The topological polar surface area (TPSA) is 66.5 Å². The number of sulfonamides is 1. The third-order valence-electron chi connectivity index (χ3n) is 4.40. The van der Waals surface area contributed by atoms with Crippen molar-refractivity contribution >= 4 is 21.6 Å². The lowest BCUT2D eigenvalue weighted by molar-refractivity contribution is -0.120. The Morgan fingerprint density at radius 1 is 1.08 bits per heavy atom. The largest absolute Gasteiger partial charge is 0.352 e. The molecule has 1 aliphatic carbocycles. The minimum Gasteiger partial charge on any atom is -0.352 e. The van der Waals surface area contributed by atoms with E-state index in [1.54, 1.807) is 12.1 Å². The van der Waals surface area contributed by atoms with E-state index in [1.165, 1.54) is 17.1 Å². The van der Waals surface area contributed by atoms with Crippen LogP contribution in [0.3, 0.4) is 0 Å². The zero-order valence-electron chi connectivity index (χ0n) is 14.8. The summed E-state index contributed by atoms with van der Waals surface area (Å²) in [5, 5.41) is 3.02. The number of nitrogens with zero attached hydrogens (tertiary/aromatic N) is 1. The first-order valence-corrected chi connectivity index (χ1v) is 10.5. The predicted molar refractivity (Wildman–Crippen MR) is 97.7 cm³/mol. The molecule has 1 aromatic carbocycles. The first-order chi connectivity index (χ1) is 11.3. The van der Waals surface area contributed by atoms with Crippen molar-refractivity contribution in [3.8, 4) is 0 Å². The highest BCUT2D eigenvalue weighted by Gasteiger charge is 2.23. The molecular formula is C18H28N2O3S. The van der Waals surface area contributed by atoms with Gasteiger partial charge in [-0.3, -0.25) is 9.10 Å². The second-order valence-electron chi connectivity index (χ2n) is 6.87. The van der Waals surface area contributed by atoms with Gasteiger partial charge in [0.15, 0.2) is 0 Å². The Kier molecular flexibility index (Phi) is 6.27. The third kappa shape index (κ3) is 5.51. The van der Waals surface area contributed by atoms with Gasteiger partial charge in [-0.1, -0.05) is 31.7 Å². The molecule has 24 heavy (non-hydrogen) atoms. The smallest absolute Gasteiger partial charge is 0.240 e. The lowest BCUT2D eigenvalue weighted by Crippen LogP contribution is -2.44. The summed E-state index contributed by atoms with van der Waals surface area (Å²) in [5.41, 5.74) is 2.50. The number of rotatable bonds is 5. The molecule has 0 heterocycles. The lowest BCUT2D eigenvalue weighted by atomic mass is 10.1. The highest BCUT2D eigenvalue weighted by molar-refractivity contribution is 7.92. The monoisotopic (exact) mass is 352 g/mol. The fraction of sp³-hybridized carbons (Fsp3) is 0.611. The Morgan fingerprint density at radius 2 is 1.62 bits per heavy atom. The summed E-state index contributed by atoms with van der Waals surface area (Å²) < 4.78 is 25.6. The number of amides is 1. The zero-order valence-corrected chi connectivity index (χ0v) is 15.7. The molecule has 0 radical (unpaired) electrons. The molecule has 0 aliphatic heterocycles. The summed E-state index contributed by atoms with van der Waals surface area (Å²) in [5.74, 6) is -0.230. The number of benzene rings is 1. The molecule has 0 aromatic heterocycles. The summed E-state index contributed by atoms with van der Waals surface area (Å²) in [6.07, 6.45) is 7.77. The van der Waals surface area contributed by atoms with Crippen LogP contribution in [0, 0.1) is 13.8 Å². The van der Waals surface area contributed by atoms with Gasteiger partial charge in [0.25, 0.3) is 0 Å². The zero-order chi connectivity index (χ0) is 17.7. The van der Waals surface area contributed by atoms with E-state index >= 15 is 0 Å². The van der Waals surface area contributed by atoms with Crippen LogP contribution in [-0.4, -0.2) is 33.2 Å². The minimum absolute atomic E-state index is 0.167. The van der Waals surface area contributed by atoms with Crippen molar-refractivity contribution in [2.75, 3.05) is 17.1 Å². The van der Waals surface area contributed by atoms with E-state index < -0.39 is 10.0 Å². The van der Waals surface area contributed by atoms with Gasteiger partial charge in [0.2, 0.25) is 15.9 Å². The molecule has 134 valence electrons. The fourth-order valence-corrected chi connectivity index (χ4v) is 4.16. The van der Waals surface area contributed by atoms with Gasteiger partial charge in [-0.25, -0.2) is 8.42 Å². The van der Waals surface area contributed by atoms with Crippen LogP contribution in [0.1, 0.15) is 49.7 Å². The SMILES string of the molecule is Cc1cc(C)cc(N(CC(=O)NC2CCCCCC2)S(C)(=O)=O)c1. The molecule has 1 saturated carbocycles. The molecule has 0 unspecified atom stereocenters. The van der Waals surface area contributed by atoms with Gasteiger partial charge in [0.05, 0.1) is 11.9 Å². The van der Waals surface area contributed by atoms with Crippen LogP contribution in [0.4, 0.5) is 5.69 Å². The fourth-order valence-electron chi connectivity index (χ4n) is 3.32. The van der Waals surface area contributed by atoms with E-state index in [4.69, 9.17) is 0 Å². The van der Waals surface area contributed by atoms with E-state index in [0.717, 1.165) is 43.1 Å². The summed E-state index contributed by atoms with van der Waals surface area (Å²) in [6.45, 7) is 3.67. The van der Waals surface area contributed by atoms with Crippen LogP contribution in [0.5, 0.6) is 0 Å². The van der Waals surface area contributed by atoms with Gasteiger partial charge >= 0.3 is 0 Å². The van der Waals surface area contributed by atoms with Crippen LogP contribution in [0.25, 0.3) is 0 Å². The number of hydrogen-bond donors (Lipinski definition) is 1. The molecule has 6 heteroatoms. The van der Waals surface area contributed by atoms with Gasteiger partial charge in [-0.15, -0.1) is 0 Å². The van der Waals surface area contributed by atoms with Crippen molar-refractivity contribution in [3.63, 3.8) is 0 Å². The highest BCUT2D eigenvalue weighted by atomic mass is 32.2. The number of nitrogens with one attached hydrogen (secondary N) is 1. The molecule has 2 rings (SSSR count). The second kappa shape index (κ2) is 8.01. The molecule has 0 atom stereocenters. The molecule has 1 aromatic rings. The van der Waals surface area contributed by atoms with Crippen LogP contribution >= 0.6 is 0 Å². The number of carbonyl (C=O) groups excluding carboxylic acids is 1. The maximum absolute atomic E-state index is 12.4. The Morgan fingerprint density at radius 3 is 2.12 bits per heavy atom. The van der Waals surface area contributed by atoms with Crippen molar-refractivity contribution in [3.05, 3.63) is 29.3 Å². The summed E-state index contributed by atoms with van der Waals surface area (Å²) in [7, 11) is -3.52. The average molecular weight is 353 g/mol. The standard InChI is InChI=1S/C18H28N2O3S/c1-14-10-15(2)12-17(11-14)20(24(3,22)23)13-18(21)19-16-8-6-4-5-7-9-16/h10-12,16H,4-9,13H2,1-3H3,(H,19,21). The lowest BCUT2D eigenvalue weighted by Gasteiger charge is -2.24. The van der Waals surface area contributed by atoms with Crippen molar-refractivity contribution in [2.24, 2.45) is 0 Å². The summed E-state index contributed by atoms with van der Waals surface area (Å²) in [6, 6.07) is 5.75. The third-order valence-corrected chi connectivity index (χ3v) is 5.54. The van der Waals surface area contributed by atoms with Gasteiger partial charge in [0.1, 0.15) is 6.54 Å². The quantitative estimate of drug-likeness (QED) is 0.829. The Hall–Kier alpha value is -1.56. The van der Waals surface area contributed by atoms with Gasteiger partial charge < -0.3 is 5.32 Å². The molecule has 0 spiro atoms. The van der Waals surface area contributed by atoms with Crippen molar-refractivity contribution in [2.45, 2.75) is 58.4 Å². The number of carbonyl (C=O) groups is 1. The van der Waals surface area contributed by atoms with Crippen LogP contribution < -0.4 is 9.62 Å². The molecule has 1 N–H and O–H groups in total. The van der Waals surface area contributed by atoms with E-state index in [-0.39, 0.29) is 18.5 Å². The Bertz CT molecular complexity index is 657. The van der Waals surface area contributed by atoms with E-state index in [1.807, 2.05) is 19.9 Å². The molecule has 5 nitrogen and oxygen atoms in total. The highest BCUT2D eigenvalue weighted by Crippen LogP contribution is 2.21. The van der Waals surface area contributed by atoms with Crippen molar-refractivity contribution in [1.29, 1.82) is 0 Å². The first kappa shape index (κ1) is 18.8. The van der Waals surface area contributed by atoms with Gasteiger partial charge in [-0.2, -0.15) is 0 Å². The van der Waals surface area contributed by atoms with Crippen molar-refractivity contribution in [1.82, 2.24) is 5.32 Å². The average Bonchev–Trinajstić information content (AvgIpc) is 2.71. The maximum Gasteiger partial charge on any atom is 0.240 e. The normalized spacial score (nSPS) is 16.5. The van der Waals surface area contributed by atoms with Crippen molar-refractivity contribution < 1.29 is 13.2 Å². The molecule has 1 aliphatic rings. The first-order valence-electron chi connectivity index (χ1n) is 8.61. The van der Waals surface area contributed by atoms with Crippen LogP contribution in [0.15, 0.2) is 18.2 Å². The van der Waals surface area contributed by atoms with Crippen LogP contribution in [-0.2, 0) is 14.8 Å². The van der Waals surface area contributed by atoms with E-state index in [2.05, 4.69) is 5.32 Å². The van der Waals surface area contributed by atoms with E-state index in [9.17, 15) is 13.2 Å². The number of hydrogen-bond acceptors (Lipinski definition) is 3. The number of aryl methyl sites for hydroxylation is 2. The molecular weight excluding hydrogens is 324 g/mol. The summed E-state index contributed by atoms with van der Waals surface area (Å²) >= 11 is 0.